The van der Waals surface area contributed by atoms with Gasteiger partial charge in [-0.15, -0.1) is 0 Å². The summed E-state index contributed by atoms with van der Waals surface area (Å²) in [5.41, 5.74) is 0.808. The van der Waals surface area contributed by atoms with Crippen LogP contribution in [0.3, 0.4) is 0 Å². The zero-order valence-corrected chi connectivity index (χ0v) is 11.4. The minimum Gasteiger partial charge on any atom is -0.379 e. The highest BCUT2D eigenvalue weighted by Crippen LogP contribution is 2.30. The van der Waals surface area contributed by atoms with E-state index in [2.05, 4.69) is 32.0 Å². The first kappa shape index (κ1) is 12.3. The molecule has 102 valence electrons. The standard InChI is InChI=1S/C13H19N5O/c1-3-6-19-8-10-4-5-18(10)13-11-7-14-17-12(11)15-9(2)16-13/h7,10H,3-6,8H2,1-2H3,(H,14,15,16,17). The van der Waals surface area contributed by atoms with Gasteiger partial charge in [-0.1, -0.05) is 6.92 Å². The van der Waals surface area contributed by atoms with Crippen molar-refractivity contribution >= 4 is 16.9 Å². The van der Waals surface area contributed by atoms with E-state index in [0.717, 1.165) is 55.3 Å². The summed E-state index contributed by atoms with van der Waals surface area (Å²) in [6.45, 7) is 6.66. The molecule has 1 aliphatic rings. The third kappa shape index (κ3) is 2.28. The fourth-order valence-corrected chi connectivity index (χ4v) is 2.40. The minimum absolute atomic E-state index is 0.430. The number of hydrogen-bond donors (Lipinski definition) is 1. The molecule has 0 amide bonds. The molecular weight excluding hydrogens is 242 g/mol. The summed E-state index contributed by atoms with van der Waals surface area (Å²) in [5.74, 6) is 1.75. The Morgan fingerprint density at radius 2 is 2.37 bits per heavy atom. The second-order valence-electron chi connectivity index (χ2n) is 4.94. The van der Waals surface area contributed by atoms with Crippen LogP contribution >= 0.6 is 0 Å². The number of rotatable bonds is 5. The summed E-state index contributed by atoms with van der Waals surface area (Å²) in [6.07, 6.45) is 4.02. The molecule has 1 saturated heterocycles. The Bertz CT molecular complexity index is 567. The fraction of sp³-hybridized carbons (Fsp3) is 0.615. The summed E-state index contributed by atoms with van der Waals surface area (Å²) < 4.78 is 5.65. The lowest BCUT2D eigenvalue weighted by atomic mass is 10.0. The van der Waals surface area contributed by atoms with Crippen LogP contribution < -0.4 is 4.90 Å². The van der Waals surface area contributed by atoms with Crippen molar-refractivity contribution in [3.8, 4) is 0 Å². The predicted octanol–water partition coefficient (Wildman–Crippen LogP) is 1.67. The van der Waals surface area contributed by atoms with Crippen molar-refractivity contribution in [2.45, 2.75) is 32.7 Å². The molecule has 3 rings (SSSR count). The molecule has 3 heterocycles. The van der Waals surface area contributed by atoms with Gasteiger partial charge in [-0.2, -0.15) is 5.10 Å². The Balaban J connectivity index is 1.81. The normalized spacial score (nSPS) is 18.8. The number of anilines is 1. The van der Waals surface area contributed by atoms with Gasteiger partial charge in [-0.05, 0) is 19.8 Å². The van der Waals surface area contributed by atoms with Crippen molar-refractivity contribution in [1.82, 2.24) is 20.2 Å². The van der Waals surface area contributed by atoms with Crippen LogP contribution in [0.4, 0.5) is 5.82 Å². The van der Waals surface area contributed by atoms with E-state index in [4.69, 9.17) is 4.74 Å². The third-order valence-corrected chi connectivity index (χ3v) is 3.48. The van der Waals surface area contributed by atoms with E-state index in [1.165, 1.54) is 0 Å². The van der Waals surface area contributed by atoms with Crippen molar-refractivity contribution in [3.63, 3.8) is 0 Å². The Morgan fingerprint density at radius 3 is 3.11 bits per heavy atom. The summed E-state index contributed by atoms with van der Waals surface area (Å²) >= 11 is 0. The average Bonchev–Trinajstić information content (AvgIpc) is 2.81. The van der Waals surface area contributed by atoms with E-state index < -0.39 is 0 Å². The topological polar surface area (TPSA) is 66.9 Å². The van der Waals surface area contributed by atoms with Crippen molar-refractivity contribution in [2.24, 2.45) is 0 Å². The third-order valence-electron chi connectivity index (χ3n) is 3.48. The molecule has 1 unspecified atom stereocenters. The van der Waals surface area contributed by atoms with Crippen molar-refractivity contribution in [1.29, 1.82) is 0 Å². The molecule has 0 spiro atoms. The molecular formula is C13H19N5O. The van der Waals surface area contributed by atoms with E-state index in [1.807, 2.05) is 6.92 Å². The second-order valence-corrected chi connectivity index (χ2v) is 4.94. The molecule has 0 aromatic carbocycles. The maximum Gasteiger partial charge on any atom is 0.161 e. The molecule has 0 bridgehead atoms. The van der Waals surface area contributed by atoms with Gasteiger partial charge in [0, 0.05) is 13.2 Å². The number of H-pyrrole nitrogens is 1. The number of aryl methyl sites for hydroxylation is 1. The number of nitrogens with zero attached hydrogens (tertiary/aromatic N) is 4. The highest BCUT2D eigenvalue weighted by Gasteiger charge is 2.31. The maximum absolute atomic E-state index is 5.65. The number of aromatic nitrogens is 4. The zero-order valence-electron chi connectivity index (χ0n) is 11.4. The van der Waals surface area contributed by atoms with Crippen LogP contribution in [0.15, 0.2) is 6.20 Å². The number of aromatic amines is 1. The molecule has 0 aliphatic carbocycles. The van der Waals surface area contributed by atoms with E-state index in [0.29, 0.717) is 6.04 Å². The number of nitrogens with one attached hydrogen (secondary N) is 1. The van der Waals surface area contributed by atoms with Gasteiger partial charge in [0.05, 0.1) is 24.2 Å². The average molecular weight is 261 g/mol. The predicted molar refractivity (Wildman–Crippen MR) is 73.3 cm³/mol. The first-order valence-corrected chi connectivity index (χ1v) is 6.81. The zero-order chi connectivity index (χ0) is 13.2. The van der Waals surface area contributed by atoms with Crippen LogP contribution in [0.1, 0.15) is 25.6 Å². The molecule has 19 heavy (non-hydrogen) atoms. The molecule has 0 saturated carbocycles. The van der Waals surface area contributed by atoms with Crippen molar-refractivity contribution in [3.05, 3.63) is 12.0 Å². The van der Waals surface area contributed by atoms with Gasteiger partial charge < -0.3 is 9.64 Å². The highest BCUT2D eigenvalue weighted by atomic mass is 16.5. The van der Waals surface area contributed by atoms with E-state index >= 15 is 0 Å². The van der Waals surface area contributed by atoms with Gasteiger partial charge in [0.25, 0.3) is 0 Å². The fourth-order valence-electron chi connectivity index (χ4n) is 2.40. The number of fused-ring (bicyclic) bond motifs is 1. The first-order chi connectivity index (χ1) is 9.29. The molecule has 6 heteroatoms. The van der Waals surface area contributed by atoms with Gasteiger partial charge in [0.2, 0.25) is 0 Å². The lowest BCUT2D eigenvalue weighted by molar-refractivity contribution is 0.105. The smallest absolute Gasteiger partial charge is 0.161 e. The quantitative estimate of drug-likeness (QED) is 0.829. The lowest BCUT2D eigenvalue weighted by Gasteiger charge is -2.42. The molecule has 1 atom stereocenters. The maximum atomic E-state index is 5.65. The van der Waals surface area contributed by atoms with Gasteiger partial charge in [-0.25, -0.2) is 9.97 Å². The molecule has 2 aromatic rings. The van der Waals surface area contributed by atoms with Gasteiger partial charge in [0.1, 0.15) is 11.6 Å². The molecule has 1 aliphatic heterocycles. The van der Waals surface area contributed by atoms with Crippen molar-refractivity contribution in [2.75, 3.05) is 24.7 Å². The Labute approximate surface area is 112 Å². The monoisotopic (exact) mass is 261 g/mol. The van der Waals surface area contributed by atoms with Gasteiger partial charge in [-0.3, -0.25) is 5.10 Å². The van der Waals surface area contributed by atoms with E-state index in [1.54, 1.807) is 6.20 Å². The van der Waals surface area contributed by atoms with Crippen LogP contribution in [0.2, 0.25) is 0 Å². The largest absolute Gasteiger partial charge is 0.379 e. The van der Waals surface area contributed by atoms with Crippen LogP contribution in [0.5, 0.6) is 0 Å². The molecule has 6 nitrogen and oxygen atoms in total. The summed E-state index contributed by atoms with van der Waals surface area (Å²) in [5, 5.41) is 7.96. The number of hydrogen-bond acceptors (Lipinski definition) is 5. The van der Waals surface area contributed by atoms with Crippen LogP contribution in [0.25, 0.3) is 11.0 Å². The molecule has 1 fully saturated rings. The second kappa shape index (κ2) is 5.13. The van der Waals surface area contributed by atoms with Crippen LogP contribution in [0, 0.1) is 6.92 Å². The van der Waals surface area contributed by atoms with E-state index in [9.17, 15) is 0 Å². The van der Waals surface area contributed by atoms with E-state index in [-0.39, 0.29) is 0 Å². The van der Waals surface area contributed by atoms with Gasteiger partial charge in [0.15, 0.2) is 5.65 Å². The minimum atomic E-state index is 0.430. The van der Waals surface area contributed by atoms with Crippen LogP contribution in [-0.2, 0) is 4.74 Å². The number of ether oxygens (including phenoxy) is 1. The summed E-state index contributed by atoms with van der Waals surface area (Å²) in [4.78, 5) is 11.2. The molecule has 0 radical (unpaired) electrons. The lowest BCUT2D eigenvalue weighted by Crippen LogP contribution is -2.51. The summed E-state index contributed by atoms with van der Waals surface area (Å²) in [7, 11) is 0. The highest BCUT2D eigenvalue weighted by molar-refractivity contribution is 5.87. The molecule has 2 aromatic heterocycles. The Morgan fingerprint density at radius 1 is 1.47 bits per heavy atom. The SMILES string of the molecule is CCCOCC1CCN1c1nc(C)nc2[nH]ncc12. The van der Waals surface area contributed by atoms with Crippen LogP contribution in [-0.4, -0.2) is 46.0 Å². The van der Waals surface area contributed by atoms with Crippen molar-refractivity contribution < 1.29 is 4.74 Å². The Hall–Kier alpha value is -1.69. The summed E-state index contributed by atoms with van der Waals surface area (Å²) in [6, 6.07) is 0.430. The first-order valence-electron chi connectivity index (χ1n) is 6.81. The Kier molecular flexibility index (Phi) is 3.33. The van der Waals surface area contributed by atoms with Gasteiger partial charge >= 0.3 is 0 Å². The molecule has 1 N–H and O–H groups in total.